The van der Waals surface area contributed by atoms with Crippen LogP contribution in [-0.4, -0.2) is 35.8 Å². The summed E-state index contributed by atoms with van der Waals surface area (Å²) in [4.78, 5) is 21.3. The fourth-order valence-corrected chi connectivity index (χ4v) is 1.56. The van der Waals surface area contributed by atoms with Crippen molar-refractivity contribution in [2.45, 2.75) is 6.42 Å². The molecule has 0 unspecified atom stereocenters. The smallest absolute Gasteiger partial charge is 0.339 e. The number of rotatable bonds is 6. The zero-order chi connectivity index (χ0) is 13.7. The molecule has 0 aliphatic carbocycles. The van der Waals surface area contributed by atoms with Gasteiger partial charge in [-0.3, -0.25) is 4.79 Å². The molecule has 0 heterocycles. The number of hydrogen-bond donors (Lipinski definition) is 3. The van der Waals surface area contributed by atoms with Crippen LogP contribution in [0.3, 0.4) is 0 Å². The number of carboxylic acid groups (broad SMARTS) is 2. The summed E-state index contributed by atoms with van der Waals surface area (Å²) in [6.07, 6.45) is -0.0701. The normalized spacial score (nSPS) is 9.89. The Morgan fingerprint density at radius 1 is 1.39 bits per heavy atom. The van der Waals surface area contributed by atoms with Crippen molar-refractivity contribution in [2.75, 3.05) is 19.0 Å². The van der Waals surface area contributed by atoms with Crippen LogP contribution in [-0.2, 0) is 4.79 Å². The molecular formula is C11H12ClNO5. The molecule has 0 aromatic heterocycles. The van der Waals surface area contributed by atoms with Crippen molar-refractivity contribution in [1.29, 1.82) is 0 Å². The molecule has 0 aliphatic rings. The lowest BCUT2D eigenvalue weighted by atomic mass is 10.1. The van der Waals surface area contributed by atoms with Gasteiger partial charge in [0.15, 0.2) is 0 Å². The molecule has 0 radical (unpaired) electrons. The molecule has 1 rings (SSSR count). The molecule has 0 bridgehead atoms. The topological polar surface area (TPSA) is 95.9 Å². The summed E-state index contributed by atoms with van der Waals surface area (Å²) >= 11 is 5.89. The number of halogens is 1. The number of aromatic carboxylic acids is 1. The number of benzene rings is 1. The average molecular weight is 274 g/mol. The fraction of sp³-hybridized carbons (Fsp3) is 0.273. The molecule has 6 nitrogen and oxygen atoms in total. The Balaban J connectivity index is 2.93. The van der Waals surface area contributed by atoms with Gasteiger partial charge in [0.25, 0.3) is 0 Å². The van der Waals surface area contributed by atoms with Crippen LogP contribution in [0.1, 0.15) is 16.8 Å². The highest BCUT2D eigenvalue weighted by Crippen LogP contribution is 2.30. The standard InChI is InChI=1S/C11H12ClNO5/c1-18-9-5-8(13-3-2-10(14)15)7(12)4-6(9)11(16)17/h4-5,13H,2-3H2,1H3,(H,14,15)(H,16,17). The lowest BCUT2D eigenvalue weighted by Crippen LogP contribution is -2.09. The van der Waals surface area contributed by atoms with Gasteiger partial charge in [-0.2, -0.15) is 0 Å². The summed E-state index contributed by atoms with van der Waals surface area (Å²) in [7, 11) is 1.34. The van der Waals surface area contributed by atoms with Gasteiger partial charge in [0.2, 0.25) is 0 Å². The van der Waals surface area contributed by atoms with Crippen molar-refractivity contribution in [2.24, 2.45) is 0 Å². The Kier molecular flexibility index (Phi) is 4.79. The van der Waals surface area contributed by atoms with Gasteiger partial charge in [0.1, 0.15) is 11.3 Å². The molecule has 1 aromatic carbocycles. The van der Waals surface area contributed by atoms with Crippen molar-refractivity contribution in [3.8, 4) is 5.75 Å². The first kappa shape index (κ1) is 14.1. The van der Waals surface area contributed by atoms with Crippen LogP contribution in [0, 0.1) is 0 Å². The highest BCUT2D eigenvalue weighted by Gasteiger charge is 2.14. The molecule has 0 saturated heterocycles. The number of hydrogen-bond acceptors (Lipinski definition) is 4. The van der Waals surface area contributed by atoms with E-state index < -0.39 is 11.9 Å². The van der Waals surface area contributed by atoms with Gasteiger partial charge in [0.05, 0.1) is 24.2 Å². The molecule has 0 atom stereocenters. The lowest BCUT2D eigenvalue weighted by molar-refractivity contribution is -0.136. The van der Waals surface area contributed by atoms with E-state index in [1.165, 1.54) is 19.2 Å². The Hall–Kier alpha value is -1.95. The number of nitrogens with one attached hydrogen (secondary N) is 1. The molecule has 1 aromatic rings. The Morgan fingerprint density at radius 2 is 2.06 bits per heavy atom. The van der Waals surface area contributed by atoms with Gasteiger partial charge < -0.3 is 20.3 Å². The van der Waals surface area contributed by atoms with E-state index in [1.807, 2.05) is 0 Å². The van der Waals surface area contributed by atoms with Crippen LogP contribution in [0.2, 0.25) is 5.02 Å². The molecule has 0 amide bonds. The molecule has 0 saturated carbocycles. The van der Waals surface area contributed by atoms with E-state index in [4.69, 9.17) is 26.6 Å². The zero-order valence-electron chi connectivity index (χ0n) is 9.57. The maximum absolute atomic E-state index is 10.9. The molecule has 18 heavy (non-hydrogen) atoms. The van der Waals surface area contributed by atoms with Crippen molar-refractivity contribution < 1.29 is 24.5 Å². The minimum Gasteiger partial charge on any atom is -0.496 e. The van der Waals surface area contributed by atoms with E-state index in [0.717, 1.165) is 0 Å². The van der Waals surface area contributed by atoms with E-state index in [0.29, 0.717) is 5.69 Å². The van der Waals surface area contributed by atoms with Gasteiger partial charge in [-0.05, 0) is 6.07 Å². The van der Waals surface area contributed by atoms with Crippen LogP contribution in [0.15, 0.2) is 12.1 Å². The molecule has 0 fully saturated rings. The van der Waals surface area contributed by atoms with E-state index in [-0.39, 0.29) is 29.3 Å². The van der Waals surface area contributed by atoms with Crippen molar-refractivity contribution in [3.63, 3.8) is 0 Å². The zero-order valence-corrected chi connectivity index (χ0v) is 10.3. The van der Waals surface area contributed by atoms with Crippen LogP contribution >= 0.6 is 11.6 Å². The highest BCUT2D eigenvalue weighted by molar-refractivity contribution is 6.33. The average Bonchev–Trinajstić information content (AvgIpc) is 2.30. The predicted molar refractivity (Wildman–Crippen MR) is 65.7 cm³/mol. The van der Waals surface area contributed by atoms with Crippen molar-refractivity contribution in [3.05, 3.63) is 22.7 Å². The summed E-state index contributed by atoms with van der Waals surface area (Å²) in [6, 6.07) is 2.68. The molecule has 0 spiro atoms. The first-order valence-electron chi connectivity index (χ1n) is 5.02. The summed E-state index contributed by atoms with van der Waals surface area (Å²) in [5, 5.41) is 20.4. The number of methoxy groups -OCH3 is 1. The molecular weight excluding hydrogens is 262 g/mol. The monoisotopic (exact) mass is 273 g/mol. The lowest BCUT2D eigenvalue weighted by Gasteiger charge is -2.11. The van der Waals surface area contributed by atoms with Gasteiger partial charge >= 0.3 is 11.9 Å². The highest BCUT2D eigenvalue weighted by atomic mass is 35.5. The SMILES string of the molecule is COc1cc(NCCC(=O)O)c(Cl)cc1C(=O)O. The summed E-state index contributed by atoms with van der Waals surface area (Å²) in [5.41, 5.74) is 0.381. The van der Waals surface area contributed by atoms with E-state index in [1.54, 1.807) is 0 Å². The largest absolute Gasteiger partial charge is 0.496 e. The second-order valence-corrected chi connectivity index (χ2v) is 3.82. The van der Waals surface area contributed by atoms with E-state index in [2.05, 4.69) is 5.32 Å². The molecule has 7 heteroatoms. The second-order valence-electron chi connectivity index (χ2n) is 3.41. The Labute approximate surface area is 108 Å². The minimum absolute atomic E-state index is 0.0497. The summed E-state index contributed by atoms with van der Waals surface area (Å²) in [6.45, 7) is 0.185. The number of ether oxygens (including phenoxy) is 1. The molecule has 3 N–H and O–H groups in total. The summed E-state index contributed by atoms with van der Waals surface area (Å²) in [5.74, 6) is -1.93. The predicted octanol–water partition coefficient (Wildman–Crippen LogP) is 1.93. The molecule has 0 aliphatic heterocycles. The van der Waals surface area contributed by atoms with E-state index in [9.17, 15) is 9.59 Å². The fourth-order valence-electron chi connectivity index (χ4n) is 1.33. The van der Waals surface area contributed by atoms with Crippen molar-refractivity contribution >= 4 is 29.2 Å². The molecule has 98 valence electrons. The second kappa shape index (κ2) is 6.11. The van der Waals surface area contributed by atoms with Gasteiger partial charge in [-0.25, -0.2) is 4.79 Å². The van der Waals surface area contributed by atoms with Crippen LogP contribution < -0.4 is 10.1 Å². The van der Waals surface area contributed by atoms with Crippen LogP contribution in [0.5, 0.6) is 5.75 Å². The number of anilines is 1. The quantitative estimate of drug-likeness (QED) is 0.733. The first-order valence-corrected chi connectivity index (χ1v) is 5.40. The number of carbonyl (C=O) groups is 2. The van der Waals surface area contributed by atoms with E-state index >= 15 is 0 Å². The number of carboxylic acids is 2. The maximum Gasteiger partial charge on any atom is 0.339 e. The van der Waals surface area contributed by atoms with Gasteiger partial charge in [-0.15, -0.1) is 0 Å². The van der Waals surface area contributed by atoms with Crippen LogP contribution in [0.4, 0.5) is 5.69 Å². The van der Waals surface area contributed by atoms with Crippen LogP contribution in [0.25, 0.3) is 0 Å². The third-order valence-corrected chi connectivity index (χ3v) is 2.49. The summed E-state index contributed by atoms with van der Waals surface area (Å²) < 4.78 is 4.93. The van der Waals surface area contributed by atoms with Crippen molar-refractivity contribution in [1.82, 2.24) is 0 Å². The Morgan fingerprint density at radius 3 is 2.56 bits per heavy atom. The maximum atomic E-state index is 10.9. The third-order valence-electron chi connectivity index (χ3n) is 2.17. The Bertz CT molecular complexity index is 475. The number of aliphatic carboxylic acids is 1. The van der Waals surface area contributed by atoms with Gasteiger partial charge in [-0.1, -0.05) is 11.6 Å². The van der Waals surface area contributed by atoms with Gasteiger partial charge in [0, 0.05) is 12.6 Å². The first-order chi connectivity index (χ1) is 8.45. The third kappa shape index (κ3) is 3.53. The minimum atomic E-state index is -1.15.